The van der Waals surface area contributed by atoms with E-state index in [0.717, 1.165) is 0 Å². The van der Waals surface area contributed by atoms with Gasteiger partial charge in [-0.05, 0) is 49.4 Å². The van der Waals surface area contributed by atoms with Crippen molar-refractivity contribution in [1.82, 2.24) is 0 Å². The van der Waals surface area contributed by atoms with E-state index in [1.165, 1.54) is 0 Å². The van der Waals surface area contributed by atoms with E-state index in [4.69, 9.17) is 0 Å². The summed E-state index contributed by atoms with van der Waals surface area (Å²) >= 11 is 0. The molecule has 2 unspecified atom stereocenters. The molecule has 0 heterocycles. The molecule has 0 aromatic heterocycles. The summed E-state index contributed by atoms with van der Waals surface area (Å²) in [5.74, 6) is -3.11. The zero-order valence-electron chi connectivity index (χ0n) is 12.2. The second-order valence-corrected chi connectivity index (χ2v) is 8.01. The minimum Gasteiger partial charge on any atom is -0.481 e. The molecular weight excluding hydrogens is 292 g/mol. The first kappa shape index (κ1) is 15.3. The maximum atomic E-state index is 11.8. The van der Waals surface area contributed by atoms with Gasteiger partial charge in [-0.15, -0.1) is 0 Å². The molecule has 7 nitrogen and oxygen atoms in total. The summed E-state index contributed by atoms with van der Waals surface area (Å²) in [4.78, 5) is 34.3. The summed E-state index contributed by atoms with van der Waals surface area (Å²) in [6, 6.07) is 0. The highest BCUT2D eigenvalue weighted by Gasteiger charge is 2.70. The number of aliphatic carboxylic acids is 3. The van der Waals surface area contributed by atoms with Crippen LogP contribution in [-0.2, 0) is 14.4 Å². The Morgan fingerprint density at radius 1 is 0.727 bits per heavy atom. The molecular formula is C15H20O7. The van der Waals surface area contributed by atoms with Crippen molar-refractivity contribution in [2.75, 3.05) is 0 Å². The highest BCUT2D eigenvalue weighted by atomic mass is 16.4. The van der Waals surface area contributed by atoms with Crippen LogP contribution in [-0.4, -0.2) is 43.9 Å². The molecule has 0 amide bonds. The lowest BCUT2D eigenvalue weighted by Gasteiger charge is -2.67. The molecule has 4 aliphatic rings. The Kier molecular flexibility index (Phi) is 2.93. The Hall–Kier alpha value is -1.63. The third-order valence-electron chi connectivity index (χ3n) is 5.76. The molecule has 122 valence electrons. The molecule has 4 saturated carbocycles. The lowest BCUT2D eigenvalue weighted by atomic mass is 9.37. The van der Waals surface area contributed by atoms with Crippen LogP contribution in [0, 0.1) is 16.2 Å². The monoisotopic (exact) mass is 312 g/mol. The van der Waals surface area contributed by atoms with Crippen LogP contribution in [0.15, 0.2) is 0 Å². The Morgan fingerprint density at radius 3 is 1.55 bits per heavy atom. The van der Waals surface area contributed by atoms with Crippen LogP contribution in [0.4, 0.5) is 0 Å². The van der Waals surface area contributed by atoms with Gasteiger partial charge in [0.2, 0.25) is 0 Å². The Balaban J connectivity index is 2.08. The summed E-state index contributed by atoms with van der Waals surface area (Å²) in [5, 5.41) is 38.9. The number of hydrogen-bond donors (Lipinski definition) is 4. The number of carboxylic acids is 3. The van der Waals surface area contributed by atoms with Crippen LogP contribution in [0.5, 0.6) is 0 Å². The minimum absolute atomic E-state index is 0.0953. The van der Waals surface area contributed by atoms with Crippen LogP contribution in [0.1, 0.15) is 51.4 Å². The molecule has 0 radical (unpaired) electrons. The average Bonchev–Trinajstić information content (AvgIpc) is 2.20. The molecule has 4 aliphatic carbocycles. The Morgan fingerprint density at radius 2 is 1.18 bits per heavy atom. The van der Waals surface area contributed by atoms with Crippen LogP contribution in [0.25, 0.3) is 0 Å². The first-order valence-electron chi connectivity index (χ1n) is 7.41. The van der Waals surface area contributed by atoms with E-state index in [1.807, 2.05) is 0 Å². The molecule has 4 rings (SSSR count). The molecule has 4 fully saturated rings. The van der Waals surface area contributed by atoms with Gasteiger partial charge in [0, 0.05) is 0 Å². The second-order valence-electron chi connectivity index (χ2n) is 8.01. The molecule has 0 aliphatic heterocycles. The van der Waals surface area contributed by atoms with Crippen LogP contribution < -0.4 is 0 Å². The van der Waals surface area contributed by atoms with Gasteiger partial charge in [0.05, 0.1) is 23.9 Å². The fourth-order valence-corrected chi connectivity index (χ4v) is 6.25. The Labute approximate surface area is 126 Å². The lowest BCUT2D eigenvalue weighted by molar-refractivity contribution is -0.242. The zero-order valence-corrected chi connectivity index (χ0v) is 12.2. The Bertz CT molecular complexity index is 534. The van der Waals surface area contributed by atoms with E-state index < -0.39 is 39.8 Å². The minimum atomic E-state index is -1.27. The highest BCUT2D eigenvalue weighted by molar-refractivity contribution is 5.77. The summed E-state index contributed by atoms with van der Waals surface area (Å²) in [6.07, 6.45) is 0.966. The summed E-state index contributed by atoms with van der Waals surface area (Å²) in [5.41, 5.74) is -4.10. The molecule has 0 saturated heterocycles. The van der Waals surface area contributed by atoms with Crippen LogP contribution in [0.3, 0.4) is 0 Å². The van der Waals surface area contributed by atoms with E-state index in [9.17, 15) is 34.8 Å². The summed E-state index contributed by atoms with van der Waals surface area (Å²) in [6.45, 7) is 0. The van der Waals surface area contributed by atoms with Crippen molar-refractivity contribution >= 4 is 17.9 Å². The first-order valence-corrected chi connectivity index (χ1v) is 7.41. The molecule has 0 aromatic carbocycles. The number of aliphatic hydroxyl groups is 1. The number of carboxylic acid groups (broad SMARTS) is 3. The van der Waals surface area contributed by atoms with E-state index in [0.29, 0.717) is 6.42 Å². The van der Waals surface area contributed by atoms with Gasteiger partial charge in [-0.25, -0.2) is 0 Å². The number of rotatable bonds is 5. The average molecular weight is 312 g/mol. The third-order valence-corrected chi connectivity index (χ3v) is 5.76. The normalized spacial score (nSPS) is 45.7. The third kappa shape index (κ3) is 2.18. The van der Waals surface area contributed by atoms with E-state index in [2.05, 4.69) is 0 Å². The fraction of sp³-hybridized carbons (Fsp3) is 0.800. The lowest BCUT2D eigenvalue weighted by Crippen LogP contribution is -2.66. The van der Waals surface area contributed by atoms with Crippen molar-refractivity contribution in [3.8, 4) is 0 Å². The van der Waals surface area contributed by atoms with Gasteiger partial charge in [-0.1, -0.05) is 0 Å². The van der Waals surface area contributed by atoms with E-state index in [1.54, 1.807) is 0 Å². The van der Waals surface area contributed by atoms with Gasteiger partial charge < -0.3 is 20.4 Å². The van der Waals surface area contributed by atoms with E-state index >= 15 is 0 Å². The maximum absolute atomic E-state index is 11.8. The van der Waals surface area contributed by atoms with E-state index in [-0.39, 0.29) is 44.9 Å². The summed E-state index contributed by atoms with van der Waals surface area (Å²) in [7, 11) is 0. The number of hydrogen-bond acceptors (Lipinski definition) is 4. The quantitative estimate of drug-likeness (QED) is 0.597. The van der Waals surface area contributed by atoms with Gasteiger partial charge in [-0.3, -0.25) is 14.4 Å². The van der Waals surface area contributed by atoms with Gasteiger partial charge in [0.25, 0.3) is 0 Å². The zero-order chi connectivity index (χ0) is 16.4. The molecule has 4 bridgehead atoms. The topological polar surface area (TPSA) is 132 Å². The van der Waals surface area contributed by atoms with Crippen molar-refractivity contribution in [3.05, 3.63) is 0 Å². The standard InChI is InChI=1S/C15H20O7/c16-9(17)1-12-3-13(2-10(18)19)5-14(4-12,11(20)21)8-15(22,6-12)7-13/h22H,1-8H2,(H,16,17)(H,18,19)(H,20,21). The first-order chi connectivity index (χ1) is 10.0. The second kappa shape index (κ2) is 4.22. The smallest absolute Gasteiger partial charge is 0.309 e. The van der Waals surface area contributed by atoms with Crippen molar-refractivity contribution in [1.29, 1.82) is 0 Å². The van der Waals surface area contributed by atoms with Crippen LogP contribution in [0.2, 0.25) is 0 Å². The van der Waals surface area contributed by atoms with Crippen molar-refractivity contribution < 1.29 is 34.8 Å². The SMILES string of the molecule is O=C(O)CC12CC3(O)CC(CC(=O)O)(C1)CC(C(=O)O)(C3)C2. The van der Waals surface area contributed by atoms with Crippen LogP contribution >= 0.6 is 0 Å². The molecule has 4 N–H and O–H groups in total. The van der Waals surface area contributed by atoms with Crippen molar-refractivity contribution in [3.63, 3.8) is 0 Å². The molecule has 7 heteroatoms. The van der Waals surface area contributed by atoms with Crippen molar-refractivity contribution in [2.45, 2.75) is 57.0 Å². The molecule has 0 aromatic rings. The predicted molar refractivity (Wildman–Crippen MR) is 72.1 cm³/mol. The maximum Gasteiger partial charge on any atom is 0.309 e. The largest absolute Gasteiger partial charge is 0.481 e. The van der Waals surface area contributed by atoms with Crippen molar-refractivity contribution in [2.24, 2.45) is 16.2 Å². The predicted octanol–water partition coefficient (Wildman–Crippen LogP) is 1.09. The van der Waals surface area contributed by atoms with Gasteiger partial charge in [-0.2, -0.15) is 0 Å². The summed E-state index contributed by atoms with van der Waals surface area (Å²) < 4.78 is 0. The number of carbonyl (C=O) groups is 3. The molecule has 22 heavy (non-hydrogen) atoms. The van der Waals surface area contributed by atoms with Gasteiger partial charge in [0.1, 0.15) is 0 Å². The molecule has 0 spiro atoms. The van der Waals surface area contributed by atoms with Gasteiger partial charge >= 0.3 is 17.9 Å². The fourth-order valence-electron chi connectivity index (χ4n) is 6.25. The highest BCUT2D eigenvalue weighted by Crippen LogP contribution is 2.72. The van der Waals surface area contributed by atoms with Gasteiger partial charge in [0.15, 0.2) is 0 Å². The molecule has 2 atom stereocenters.